The van der Waals surface area contributed by atoms with Gasteiger partial charge in [0, 0.05) is 18.1 Å². The highest BCUT2D eigenvalue weighted by atomic mass is 127. The minimum absolute atomic E-state index is 0.0733. The number of nitrogens with one attached hydrogen (secondary N) is 2. The molecule has 0 aliphatic carbocycles. The van der Waals surface area contributed by atoms with E-state index in [-0.39, 0.29) is 17.4 Å². The summed E-state index contributed by atoms with van der Waals surface area (Å²) in [6.07, 6.45) is 0.885. The Labute approximate surface area is 136 Å². The molecule has 0 radical (unpaired) electrons. The van der Waals surface area contributed by atoms with E-state index in [4.69, 9.17) is 14.7 Å². The largest absolute Gasteiger partial charge is 0.493 e. The summed E-state index contributed by atoms with van der Waals surface area (Å²) in [6, 6.07) is 2.97. The van der Waals surface area contributed by atoms with Crippen molar-refractivity contribution in [1.29, 1.82) is 0 Å². The van der Waals surface area contributed by atoms with Crippen LogP contribution in [0.5, 0.6) is 11.5 Å². The lowest BCUT2D eigenvalue weighted by Crippen LogP contribution is -2.12. The van der Waals surface area contributed by atoms with Crippen LogP contribution in [0.4, 0.5) is 5.69 Å². The smallest absolute Gasteiger partial charge is 0.228 e. The van der Waals surface area contributed by atoms with Gasteiger partial charge in [0.15, 0.2) is 17.3 Å². The van der Waals surface area contributed by atoms with Gasteiger partial charge in [-0.25, -0.2) is 0 Å². The second-order valence-electron chi connectivity index (χ2n) is 4.19. The maximum Gasteiger partial charge on any atom is 0.228 e. The highest BCUT2D eigenvalue weighted by molar-refractivity contribution is 14.1. The van der Waals surface area contributed by atoms with Crippen LogP contribution >= 0.6 is 22.9 Å². The summed E-state index contributed by atoms with van der Waals surface area (Å²) in [5.74, 6) is 0.484. The van der Waals surface area contributed by atoms with Gasteiger partial charge in [0.1, 0.15) is 0 Å². The zero-order valence-corrected chi connectivity index (χ0v) is 13.9. The molecule has 3 N–H and O–H groups in total. The average Bonchev–Trinajstić information content (AvgIpc) is 2.50. The highest BCUT2D eigenvalue weighted by Gasteiger charge is 2.14. The van der Waals surface area contributed by atoms with Gasteiger partial charge in [-0.1, -0.05) is 0 Å². The molecule has 0 aliphatic heterocycles. The van der Waals surface area contributed by atoms with Crippen LogP contribution in [0.3, 0.4) is 0 Å². The monoisotopic (exact) mass is 408 g/mol. The fourth-order valence-electron chi connectivity index (χ4n) is 1.68. The molecule has 1 aromatic carbocycles. The van der Waals surface area contributed by atoms with E-state index in [0.29, 0.717) is 36.5 Å². The van der Waals surface area contributed by atoms with E-state index in [1.165, 1.54) is 26.2 Å². The molecule has 0 fully saturated rings. The Morgan fingerprint density at radius 3 is 2.57 bits per heavy atom. The summed E-state index contributed by atoms with van der Waals surface area (Å²) in [4.78, 5) is 22.6. The summed E-state index contributed by atoms with van der Waals surface area (Å²) in [6.45, 7) is 1.70. The molecule has 116 valence electrons. The minimum Gasteiger partial charge on any atom is -0.493 e. The van der Waals surface area contributed by atoms with Crippen LogP contribution in [-0.2, 0) is 4.79 Å². The maximum atomic E-state index is 11.5. The summed E-state index contributed by atoms with van der Waals surface area (Å²) in [7, 11) is 1.46. The molecule has 0 heterocycles. The Bertz CT molecular complexity index is 522. The third-order valence-electron chi connectivity index (χ3n) is 2.71. The van der Waals surface area contributed by atoms with Crippen LogP contribution in [0.2, 0.25) is 0 Å². The number of methoxy groups -OCH3 is 1. The summed E-state index contributed by atoms with van der Waals surface area (Å²) < 4.78 is 13.2. The molecule has 1 amide bonds. The number of hydrogen-bond acceptors (Lipinski definition) is 6. The number of carbonyl (C=O) groups is 2. The third-order valence-corrected chi connectivity index (χ3v) is 3.32. The van der Waals surface area contributed by atoms with Crippen LogP contribution in [0.15, 0.2) is 12.1 Å². The predicted octanol–water partition coefficient (Wildman–Crippen LogP) is 2.32. The van der Waals surface area contributed by atoms with Crippen molar-refractivity contribution in [2.24, 2.45) is 0 Å². The molecule has 0 bridgehead atoms. The molecule has 7 nitrogen and oxygen atoms in total. The second-order valence-corrected chi connectivity index (χ2v) is 4.73. The number of carbonyl (C=O) groups excluding carboxylic acids is 2. The van der Waals surface area contributed by atoms with Crippen molar-refractivity contribution >= 4 is 40.2 Å². The summed E-state index contributed by atoms with van der Waals surface area (Å²) in [5, 5.41) is 9.08. The average molecular weight is 408 g/mol. The number of ketones is 1. The number of halogens is 1. The number of ether oxygens (including phenoxy) is 2. The SMILES string of the molecule is COc1cc(C(C)=O)c(NO)cc1OCCCC(=O)NI. The first-order valence-corrected chi connectivity index (χ1v) is 7.26. The Balaban J connectivity index is 2.81. The summed E-state index contributed by atoms with van der Waals surface area (Å²) >= 11 is 1.78. The van der Waals surface area contributed by atoms with E-state index in [0.717, 1.165) is 0 Å². The molecule has 8 heteroatoms. The van der Waals surface area contributed by atoms with Gasteiger partial charge in [0.2, 0.25) is 5.91 Å². The summed E-state index contributed by atoms with van der Waals surface area (Å²) in [5.41, 5.74) is 2.50. The molecule has 0 spiro atoms. The lowest BCUT2D eigenvalue weighted by molar-refractivity contribution is -0.119. The molecule has 21 heavy (non-hydrogen) atoms. The fourth-order valence-corrected chi connectivity index (χ4v) is 1.95. The highest BCUT2D eigenvalue weighted by Crippen LogP contribution is 2.33. The van der Waals surface area contributed by atoms with Crippen LogP contribution in [-0.4, -0.2) is 30.6 Å². The van der Waals surface area contributed by atoms with Gasteiger partial charge in [-0.2, -0.15) is 0 Å². The topological polar surface area (TPSA) is 96.9 Å². The number of Topliss-reactive ketones (excluding diaryl/α,β-unsaturated/α-hetero) is 1. The number of amides is 1. The van der Waals surface area contributed by atoms with Crippen molar-refractivity contribution in [1.82, 2.24) is 3.53 Å². The van der Waals surface area contributed by atoms with E-state index >= 15 is 0 Å². The van der Waals surface area contributed by atoms with Gasteiger partial charge in [0.25, 0.3) is 0 Å². The van der Waals surface area contributed by atoms with Gasteiger partial charge in [-0.15, -0.1) is 0 Å². The second kappa shape index (κ2) is 8.67. The standard InChI is InChI=1S/C13H17IN2O5/c1-8(17)9-6-11(20-2)12(7-10(9)16-19)21-5-3-4-13(18)15-14/h6-7,16,19H,3-5H2,1-2H3,(H,15,18). The first kappa shape index (κ1) is 17.5. The lowest BCUT2D eigenvalue weighted by atomic mass is 10.1. The molecular weight excluding hydrogens is 391 g/mol. The predicted molar refractivity (Wildman–Crippen MR) is 85.3 cm³/mol. The van der Waals surface area contributed by atoms with Gasteiger partial charge in [0.05, 0.1) is 42.3 Å². The minimum atomic E-state index is -0.213. The van der Waals surface area contributed by atoms with Crippen molar-refractivity contribution in [3.8, 4) is 11.5 Å². The Morgan fingerprint density at radius 2 is 2.05 bits per heavy atom. The zero-order valence-electron chi connectivity index (χ0n) is 11.7. The van der Waals surface area contributed by atoms with Crippen LogP contribution in [0, 0.1) is 0 Å². The van der Waals surface area contributed by atoms with Gasteiger partial charge >= 0.3 is 0 Å². The Hall–Kier alpha value is -1.55. The molecule has 1 aromatic rings. The van der Waals surface area contributed by atoms with Gasteiger partial charge < -0.3 is 9.47 Å². The maximum absolute atomic E-state index is 11.5. The fraction of sp³-hybridized carbons (Fsp3) is 0.385. The van der Waals surface area contributed by atoms with Crippen molar-refractivity contribution in [3.05, 3.63) is 17.7 Å². The van der Waals surface area contributed by atoms with Crippen LogP contribution in [0.25, 0.3) is 0 Å². The third kappa shape index (κ3) is 5.05. The molecule has 0 unspecified atom stereocenters. The van der Waals surface area contributed by atoms with Crippen molar-refractivity contribution < 1.29 is 24.3 Å². The van der Waals surface area contributed by atoms with Crippen molar-refractivity contribution in [2.75, 3.05) is 19.2 Å². The number of rotatable bonds is 8. The Kier molecular flexibility index (Phi) is 7.23. The molecule has 1 rings (SSSR count). The molecule has 0 aromatic heterocycles. The molecule has 0 atom stereocenters. The quantitative estimate of drug-likeness (QED) is 0.201. The lowest BCUT2D eigenvalue weighted by Gasteiger charge is -2.14. The van der Waals surface area contributed by atoms with E-state index in [2.05, 4.69) is 3.53 Å². The number of anilines is 1. The molecule has 0 aliphatic rings. The number of hydrogen-bond donors (Lipinski definition) is 3. The first-order valence-electron chi connectivity index (χ1n) is 6.18. The van der Waals surface area contributed by atoms with Gasteiger partial charge in [-0.3, -0.25) is 23.8 Å². The van der Waals surface area contributed by atoms with Crippen molar-refractivity contribution in [3.63, 3.8) is 0 Å². The van der Waals surface area contributed by atoms with E-state index in [1.807, 2.05) is 5.48 Å². The van der Waals surface area contributed by atoms with E-state index < -0.39 is 0 Å². The van der Waals surface area contributed by atoms with Crippen LogP contribution in [0.1, 0.15) is 30.1 Å². The Morgan fingerprint density at radius 1 is 1.33 bits per heavy atom. The number of benzene rings is 1. The molecule has 0 saturated heterocycles. The van der Waals surface area contributed by atoms with E-state index in [1.54, 1.807) is 22.9 Å². The van der Waals surface area contributed by atoms with Crippen LogP contribution < -0.4 is 18.5 Å². The zero-order chi connectivity index (χ0) is 15.8. The van der Waals surface area contributed by atoms with Crippen molar-refractivity contribution in [2.45, 2.75) is 19.8 Å². The first-order chi connectivity index (χ1) is 10.0. The van der Waals surface area contributed by atoms with Gasteiger partial charge in [-0.05, 0) is 19.4 Å². The molecular formula is C13H17IN2O5. The van der Waals surface area contributed by atoms with E-state index in [9.17, 15) is 9.59 Å². The molecule has 0 saturated carbocycles. The normalized spacial score (nSPS) is 9.90.